The second-order valence-corrected chi connectivity index (χ2v) is 3.17. The minimum atomic E-state index is 0.207. The van der Waals surface area contributed by atoms with E-state index in [0.717, 1.165) is 19.5 Å². The van der Waals surface area contributed by atoms with Crippen LogP contribution in [0.2, 0.25) is 0 Å². The summed E-state index contributed by atoms with van der Waals surface area (Å²) in [7, 11) is 1.73. The van der Waals surface area contributed by atoms with Crippen molar-refractivity contribution < 1.29 is 9.53 Å². The molecule has 0 bridgehead atoms. The van der Waals surface area contributed by atoms with Crippen molar-refractivity contribution in [1.29, 1.82) is 0 Å². The molecule has 0 aromatic carbocycles. The lowest BCUT2D eigenvalue weighted by Gasteiger charge is -2.32. The van der Waals surface area contributed by atoms with Crippen LogP contribution in [-0.4, -0.2) is 37.1 Å². The van der Waals surface area contributed by atoms with Gasteiger partial charge in [-0.3, -0.25) is 9.69 Å². The molecule has 1 rings (SSSR count). The molecule has 1 fully saturated rings. The third-order valence-corrected chi connectivity index (χ3v) is 2.38. The van der Waals surface area contributed by atoms with E-state index in [1.54, 1.807) is 7.11 Å². The average molecular weight is 171 g/mol. The van der Waals surface area contributed by atoms with Crippen molar-refractivity contribution in [3.05, 3.63) is 0 Å². The molecule has 1 heterocycles. The minimum Gasteiger partial charge on any atom is -0.366 e. The van der Waals surface area contributed by atoms with E-state index in [2.05, 4.69) is 11.8 Å². The van der Waals surface area contributed by atoms with E-state index < -0.39 is 0 Å². The van der Waals surface area contributed by atoms with Gasteiger partial charge < -0.3 is 4.74 Å². The third-order valence-electron chi connectivity index (χ3n) is 2.38. The van der Waals surface area contributed by atoms with E-state index in [1.165, 1.54) is 0 Å². The highest BCUT2D eigenvalue weighted by atomic mass is 16.5. The number of ketones is 1. The summed E-state index contributed by atoms with van der Waals surface area (Å²) >= 11 is 0. The Morgan fingerprint density at radius 1 is 1.50 bits per heavy atom. The normalized spacial score (nSPS) is 22.7. The topological polar surface area (TPSA) is 29.5 Å². The summed E-state index contributed by atoms with van der Waals surface area (Å²) in [4.78, 5) is 13.2. The maximum absolute atomic E-state index is 10.9. The summed E-state index contributed by atoms with van der Waals surface area (Å²) < 4.78 is 5.29. The zero-order valence-electron chi connectivity index (χ0n) is 7.88. The molecule has 0 N–H and O–H groups in total. The molecule has 1 saturated heterocycles. The summed E-state index contributed by atoms with van der Waals surface area (Å²) in [5.74, 6) is 0.386. The van der Waals surface area contributed by atoms with E-state index >= 15 is 0 Å². The number of rotatable bonds is 3. The fourth-order valence-corrected chi connectivity index (χ4v) is 1.64. The van der Waals surface area contributed by atoms with E-state index in [9.17, 15) is 4.79 Å². The number of hydrogen-bond acceptors (Lipinski definition) is 3. The van der Waals surface area contributed by atoms with Gasteiger partial charge in [0.1, 0.15) is 12.0 Å². The summed E-state index contributed by atoms with van der Waals surface area (Å²) in [6.45, 7) is 3.83. The van der Waals surface area contributed by atoms with Gasteiger partial charge in [0.25, 0.3) is 0 Å². The van der Waals surface area contributed by atoms with Crippen LogP contribution in [0.25, 0.3) is 0 Å². The number of methoxy groups -OCH3 is 1. The fourth-order valence-electron chi connectivity index (χ4n) is 1.64. The van der Waals surface area contributed by atoms with Gasteiger partial charge in [-0.15, -0.1) is 0 Å². The van der Waals surface area contributed by atoms with Crippen molar-refractivity contribution in [3.63, 3.8) is 0 Å². The standard InChI is InChI=1S/C9H17NO2/c1-3-9(12-2)10-6-4-8(11)5-7-10/h9H,3-7H2,1-2H3. The van der Waals surface area contributed by atoms with Crippen molar-refractivity contribution in [2.45, 2.75) is 32.4 Å². The zero-order valence-corrected chi connectivity index (χ0v) is 7.88. The van der Waals surface area contributed by atoms with Crippen LogP contribution in [-0.2, 0) is 9.53 Å². The molecule has 0 spiro atoms. The number of nitrogens with zero attached hydrogens (tertiary/aromatic N) is 1. The van der Waals surface area contributed by atoms with E-state index in [4.69, 9.17) is 4.74 Å². The van der Waals surface area contributed by atoms with Crippen LogP contribution in [0, 0.1) is 0 Å². The molecule has 0 aromatic rings. The third kappa shape index (κ3) is 2.29. The molecule has 1 unspecified atom stereocenters. The van der Waals surface area contributed by atoms with Crippen LogP contribution in [0.3, 0.4) is 0 Å². The fraction of sp³-hybridized carbons (Fsp3) is 0.889. The molecule has 1 aliphatic rings. The SMILES string of the molecule is CCC(OC)N1CCC(=O)CC1. The Hall–Kier alpha value is -0.410. The number of Topliss-reactive ketones (excluding diaryl/α,β-unsaturated/α-hetero) is 1. The number of carbonyl (C=O) groups is 1. The monoisotopic (exact) mass is 171 g/mol. The molecule has 3 nitrogen and oxygen atoms in total. The van der Waals surface area contributed by atoms with Crippen molar-refractivity contribution in [3.8, 4) is 0 Å². The number of likely N-dealkylation sites (tertiary alicyclic amines) is 1. The Kier molecular flexibility index (Phi) is 3.69. The van der Waals surface area contributed by atoms with Gasteiger partial charge in [0, 0.05) is 33.0 Å². The van der Waals surface area contributed by atoms with Crippen molar-refractivity contribution in [2.75, 3.05) is 20.2 Å². The largest absolute Gasteiger partial charge is 0.366 e. The molecule has 0 saturated carbocycles. The second-order valence-electron chi connectivity index (χ2n) is 3.17. The van der Waals surface area contributed by atoms with Gasteiger partial charge in [-0.2, -0.15) is 0 Å². The van der Waals surface area contributed by atoms with Crippen molar-refractivity contribution in [2.24, 2.45) is 0 Å². The summed E-state index contributed by atoms with van der Waals surface area (Å²) in [6.07, 6.45) is 2.59. The molecule has 0 radical (unpaired) electrons. The van der Waals surface area contributed by atoms with Gasteiger partial charge in [-0.1, -0.05) is 6.92 Å². The highest BCUT2D eigenvalue weighted by Crippen LogP contribution is 2.12. The van der Waals surface area contributed by atoms with Gasteiger partial charge in [-0.25, -0.2) is 0 Å². The van der Waals surface area contributed by atoms with Gasteiger partial charge in [-0.05, 0) is 6.42 Å². The summed E-state index contributed by atoms with van der Waals surface area (Å²) in [5, 5.41) is 0. The molecule has 1 aliphatic heterocycles. The lowest BCUT2D eigenvalue weighted by molar-refractivity contribution is -0.125. The first-order valence-electron chi connectivity index (χ1n) is 4.56. The first kappa shape index (κ1) is 9.68. The highest BCUT2D eigenvalue weighted by Gasteiger charge is 2.21. The molecule has 0 aliphatic carbocycles. The summed E-state index contributed by atoms with van der Waals surface area (Å²) in [5.41, 5.74) is 0. The first-order chi connectivity index (χ1) is 5.77. The second kappa shape index (κ2) is 4.58. The zero-order chi connectivity index (χ0) is 8.97. The maximum Gasteiger partial charge on any atom is 0.135 e. The Labute approximate surface area is 73.7 Å². The van der Waals surface area contributed by atoms with Crippen LogP contribution in [0.15, 0.2) is 0 Å². The maximum atomic E-state index is 10.9. The van der Waals surface area contributed by atoms with Crippen LogP contribution < -0.4 is 0 Å². The van der Waals surface area contributed by atoms with E-state index in [1.807, 2.05) is 0 Å². The van der Waals surface area contributed by atoms with Gasteiger partial charge >= 0.3 is 0 Å². The molecule has 0 aromatic heterocycles. The van der Waals surface area contributed by atoms with E-state index in [-0.39, 0.29) is 6.23 Å². The molecule has 3 heteroatoms. The summed E-state index contributed by atoms with van der Waals surface area (Å²) in [6, 6.07) is 0. The van der Waals surface area contributed by atoms with Crippen LogP contribution in [0.4, 0.5) is 0 Å². The van der Waals surface area contributed by atoms with Crippen molar-refractivity contribution in [1.82, 2.24) is 4.90 Å². The van der Waals surface area contributed by atoms with Crippen LogP contribution >= 0.6 is 0 Å². The Morgan fingerprint density at radius 3 is 2.50 bits per heavy atom. The predicted octanol–water partition coefficient (Wildman–Crippen LogP) is 1.03. The molecule has 12 heavy (non-hydrogen) atoms. The van der Waals surface area contributed by atoms with Crippen LogP contribution in [0.5, 0.6) is 0 Å². The van der Waals surface area contributed by atoms with Crippen LogP contribution in [0.1, 0.15) is 26.2 Å². The Morgan fingerprint density at radius 2 is 2.08 bits per heavy atom. The van der Waals surface area contributed by atoms with E-state index in [0.29, 0.717) is 18.6 Å². The first-order valence-corrected chi connectivity index (χ1v) is 4.56. The van der Waals surface area contributed by atoms with Gasteiger partial charge in [0.05, 0.1) is 0 Å². The Bertz CT molecular complexity index is 145. The molecule has 1 atom stereocenters. The lowest BCUT2D eigenvalue weighted by atomic mass is 10.1. The number of hydrogen-bond donors (Lipinski definition) is 0. The minimum absolute atomic E-state index is 0.207. The number of carbonyl (C=O) groups excluding carboxylic acids is 1. The Balaban J connectivity index is 2.37. The predicted molar refractivity (Wildman–Crippen MR) is 46.9 cm³/mol. The molecular formula is C9H17NO2. The average Bonchev–Trinajstić information content (AvgIpc) is 2.10. The van der Waals surface area contributed by atoms with Gasteiger partial charge in [0.2, 0.25) is 0 Å². The molecule has 70 valence electrons. The van der Waals surface area contributed by atoms with Gasteiger partial charge in [0.15, 0.2) is 0 Å². The smallest absolute Gasteiger partial charge is 0.135 e. The molecule has 0 amide bonds. The van der Waals surface area contributed by atoms with Crippen molar-refractivity contribution >= 4 is 5.78 Å². The molecular weight excluding hydrogens is 154 g/mol. The quantitative estimate of drug-likeness (QED) is 0.635. The number of piperidine rings is 1. The highest BCUT2D eigenvalue weighted by molar-refractivity contribution is 5.79. The number of ether oxygens (including phenoxy) is 1. The lowest BCUT2D eigenvalue weighted by Crippen LogP contribution is -2.42.